The van der Waals surface area contributed by atoms with Crippen molar-refractivity contribution in [1.82, 2.24) is 5.32 Å². The van der Waals surface area contributed by atoms with Gasteiger partial charge in [0.1, 0.15) is 0 Å². The first-order chi connectivity index (χ1) is 38.5. The number of aliphatic hydroxyl groups is 2. The molecule has 0 aliphatic carbocycles. The molecule has 0 aliphatic rings. The number of nitrogens with one attached hydrogen (secondary N) is 1. The quantitative estimate of drug-likeness (QED) is 0.0320. The largest absolute Gasteiger partial charge is 0.466 e. The summed E-state index contributed by atoms with van der Waals surface area (Å²) in [6, 6.07) is -0.548. The molecule has 0 spiro atoms. The Bertz CT molecular complexity index is 1260. The molecule has 0 rings (SSSR count). The van der Waals surface area contributed by atoms with E-state index in [0.717, 1.165) is 51.4 Å². The summed E-state index contributed by atoms with van der Waals surface area (Å²) in [7, 11) is 0. The number of hydrogen-bond donors (Lipinski definition) is 3. The Morgan fingerprint density at radius 2 is 0.641 bits per heavy atom. The van der Waals surface area contributed by atoms with Crippen molar-refractivity contribution < 1.29 is 24.5 Å². The predicted octanol–water partition coefficient (Wildman–Crippen LogP) is 22.7. The van der Waals surface area contributed by atoms with E-state index in [0.29, 0.717) is 25.9 Å². The zero-order valence-corrected chi connectivity index (χ0v) is 52.7. The van der Waals surface area contributed by atoms with Gasteiger partial charge in [-0.1, -0.05) is 326 Å². The molecule has 0 saturated carbocycles. The normalized spacial score (nSPS) is 12.7. The highest BCUT2D eigenvalue weighted by Gasteiger charge is 2.20. The first-order valence-electron chi connectivity index (χ1n) is 35.2. The Kier molecular flexibility index (Phi) is 65.9. The van der Waals surface area contributed by atoms with Gasteiger partial charge in [-0.25, -0.2) is 0 Å². The molecule has 3 N–H and O–H groups in total. The number of aliphatic hydroxyl groups excluding tert-OH is 2. The minimum absolute atomic E-state index is 0.00688. The molecule has 0 aliphatic heterocycles. The first-order valence-corrected chi connectivity index (χ1v) is 35.2. The molecule has 2 unspecified atom stereocenters. The average molecular weight is 1100 g/mol. The van der Waals surface area contributed by atoms with Crippen LogP contribution in [-0.2, 0) is 14.3 Å². The number of amides is 1. The van der Waals surface area contributed by atoms with Crippen LogP contribution in [0.3, 0.4) is 0 Å². The van der Waals surface area contributed by atoms with E-state index in [1.54, 1.807) is 0 Å². The molecular weight excluding hydrogens is 959 g/mol. The van der Waals surface area contributed by atoms with Crippen molar-refractivity contribution in [2.45, 2.75) is 398 Å². The highest BCUT2D eigenvalue weighted by atomic mass is 16.5. The Morgan fingerprint density at radius 1 is 0.359 bits per heavy atom. The molecule has 460 valence electrons. The van der Waals surface area contributed by atoms with E-state index in [2.05, 4.69) is 55.6 Å². The Hall–Kier alpha value is -1.92. The van der Waals surface area contributed by atoms with Gasteiger partial charge in [0.25, 0.3) is 0 Å². The van der Waals surface area contributed by atoms with E-state index in [9.17, 15) is 19.8 Å². The summed E-state index contributed by atoms with van der Waals surface area (Å²) in [5, 5.41) is 23.4. The van der Waals surface area contributed by atoms with Crippen LogP contribution in [0.15, 0.2) is 36.5 Å². The zero-order valence-electron chi connectivity index (χ0n) is 52.7. The summed E-state index contributed by atoms with van der Waals surface area (Å²) < 4.78 is 5.50. The van der Waals surface area contributed by atoms with E-state index in [1.165, 1.54) is 302 Å². The van der Waals surface area contributed by atoms with Crippen molar-refractivity contribution >= 4 is 11.9 Å². The second-order valence-corrected chi connectivity index (χ2v) is 24.2. The number of carbonyl (C=O) groups excluding carboxylic acids is 2. The number of hydrogen-bond acceptors (Lipinski definition) is 5. The van der Waals surface area contributed by atoms with Crippen LogP contribution in [0, 0.1) is 0 Å². The molecule has 0 aromatic heterocycles. The summed E-state index contributed by atoms with van der Waals surface area (Å²) in [5.41, 5.74) is 0. The zero-order chi connectivity index (χ0) is 56.4. The lowest BCUT2D eigenvalue weighted by atomic mass is 10.0. The highest BCUT2D eigenvalue weighted by molar-refractivity contribution is 5.76. The summed E-state index contributed by atoms with van der Waals surface area (Å²) in [4.78, 5) is 24.6. The number of rotatable bonds is 66. The second-order valence-electron chi connectivity index (χ2n) is 24.2. The Balaban J connectivity index is 3.41. The van der Waals surface area contributed by atoms with Gasteiger partial charge in [-0.05, 0) is 83.5 Å². The van der Waals surface area contributed by atoms with E-state index in [-0.39, 0.29) is 18.5 Å². The monoisotopic (exact) mass is 1100 g/mol. The first kappa shape index (κ1) is 76.1. The lowest BCUT2D eigenvalue weighted by molar-refractivity contribution is -0.143. The second kappa shape index (κ2) is 67.6. The molecule has 6 heteroatoms. The fraction of sp³-hybridized carbons (Fsp3) is 0.889. The van der Waals surface area contributed by atoms with Gasteiger partial charge in [0.05, 0.1) is 25.4 Å². The lowest BCUT2D eigenvalue weighted by Crippen LogP contribution is -2.45. The van der Waals surface area contributed by atoms with Gasteiger partial charge >= 0.3 is 5.97 Å². The van der Waals surface area contributed by atoms with Gasteiger partial charge in [0.15, 0.2) is 0 Å². The van der Waals surface area contributed by atoms with Crippen molar-refractivity contribution in [2.75, 3.05) is 13.2 Å². The molecule has 0 fully saturated rings. The van der Waals surface area contributed by atoms with Crippen LogP contribution in [0.1, 0.15) is 386 Å². The van der Waals surface area contributed by atoms with Gasteiger partial charge < -0.3 is 20.3 Å². The summed E-state index contributed by atoms with van der Waals surface area (Å²) >= 11 is 0. The van der Waals surface area contributed by atoms with Crippen LogP contribution >= 0.6 is 0 Å². The summed E-state index contributed by atoms with van der Waals surface area (Å²) in [5.74, 6) is -0.0316. The van der Waals surface area contributed by atoms with E-state index in [1.807, 2.05) is 0 Å². The van der Waals surface area contributed by atoms with Gasteiger partial charge in [-0.15, -0.1) is 0 Å². The molecule has 1 amide bonds. The van der Waals surface area contributed by atoms with Crippen LogP contribution in [-0.4, -0.2) is 47.4 Å². The number of carbonyl (C=O) groups is 2. The molecule has 6 nitrogen and oxygen atoms in total. The van der Waals surface area contributed by atoms with Crippen LogP contribution in [0.5, 0.6) is 0 Å². The van der Waals surface area contributed by atoms with Gasteiger partial charge in [-0.2, -0.15) is 0 Å². The number of ether oxygens (including phenoxy) is 1. The van der Waals surface area contributed by atoms with E-state index < -0.39 is 12.1 Å². The third kappa shape index (κ3) is 63.3. The average Bonchev–Trinajstić information content (AvgIpc) is 3.44. The van der Waals surface area contributed by atoms with E-state index in [4.69, 9.17) is 4.74 Å². The predicted molar refractivity (Wildman–Crippen MR) is 343 cm³/mol. The number of esters is 1. The maximum Gasteiger partial charge on any atom is 0.305 e. The van der Waals surface area contributed by atoms with Crippen LogP contribution in [0.25, 0.3) is 0 Å². The summed E-state index contributed by atoms with van der Waals surface area (Å²) in [6.07, 6.45) is 86.1. The highest BCUT2D eigenvalue weighted by Crippen LogP contribution is 2.18. The SMILES string of the molecule is CCCCC/C=C\C/C=C\CCCCCCCCCCCC(=O)OCCCCCCCCCCCCC/C=C\CCCCCCCCCC(=O)NC(CO)C(O)CCCCCCCCCCCCCCCCCCCCCC. The third-order valence-electron chi connectivity index (χ3n) is 16.4. The van der Waals surface area contributed by atoms with Crippen molar-refractivity contribution in [1.29, 1.82) is 0 Å². The fourth-order valence-electron chi connectivity index (χ4n) is 11.0. The topological polar surface area (TPSA) is 95.9 Å². The Labute approximate surface area is 487 Å². The van der Waals surface area contributed by atoms with Crippen molar-refractivity contribution in [3.63, 3.8) is 0 Å². The molecule has 78 heavy (non-hydrogen) atoms. The molecular formula is C72H137NO5. The standard InChI is InChI=1S/C72H137NO5/c1-3-5-7-9-11-13-15-17-19-21-23-29-32-36-40-44-48-52-56-60-64-70(75)69(68-74)73-71(76)65-61-57-53-49-45-41-37-33-30-26-24-25-27-31-35-39-43-47-51-55-59-63-67-78-72(77)66-62-58-54-50-46-42-38-34-28-22-20-18-16-14-12-10-8-6-4-2/h12,14,18,20,26,30,69-70,74-75H,3-11,13,15-17,19,21-25,27-29,31-68H2,1-2H3,(H,73,76)/b14-12-,20-18-,30-26-. The molecule has 2 atom stereocenters. The number of allylic oxidation sites excluding steroid dienone is 6. The van der Waals surface area contributed by atoms with Gasteiger partial charge in [0, 0.05) is 12.8 Å². The number of unbranched alkanes of at least 4 members (excludes halogenated alkanes) is 49. The van der Waals surface area contributed by atoms with E-state index >= 15 is 0 Å². The third-order valence-corrected chi connectivity index (χ3v) is 16.4. The minimum atomic E-state index is -0.670. The fourth-order valence-corrected chi connectivity index (χ4v) is 11.0. The molecule has 0 aromatic carbocycles. The lowest BCUT2D eigenvalue weighted by Gasteiger charge is -2.22. The maximum absolute atomic E-state index is 12.5. The molecule has 0 saturated heterocycles. The van der Waals surface area contributed by atoms with Crippen LogP contribution in [0.2, 0.25) is 0 Å². The van der Waals surface area contributed by atoms with Gasteiger partial charge in [-0.3, -0.25) is 9.59 Å². The molecule has 0 aromatic rings. The molecule has 0 bridgehead atoms. The maximum atomic E-state index is 12.5. The van der Waals surface area contributed by atoms with Crippen molar-refractivity contribution in [3.05, 3.63) is 36.5 Å². The van der Waals surface area contributed by atoms with Crippen molar-refractivity contribution in [2.24, 2.45) is 0 Å². The minimum Gasteiger partial charge on any atom is -0.466 e. The van der Waals surface area contributed by atoms with Gasteiger partial charge in [0.2, 0.25) is 5.91 Å². The smallest absolute Gasteiger partial charge is 0.305 e. The van der Waals surface area contributed by atoms with Crippen LogP contribution < -0.4 is 5.32 Å². The summed E-state index contributed by atoms with van der Waals surface area (Å²) in [6.45, 7) is 4.95. The van der Waals surface area contributed by atoms with Crippen LogP contribution in [0.4, 0.5) is 0 Å². The van der Waals surface area contributed by atoms with Crippen molar-refractivity contribution in [3.8, 4) is 0 Å². The molecule has 0 radical (unpaired) electrons. The molecule has 0 heterocycles. The Morgan fingerprint density at radius 3 is 1.01 bits per heavy atom.